The minimum Gasteiger partial charge on any atom is -0.408 e. The van der Waals surface area contributed by atoms with E-state index in [2.05, 4.69) is 111 Å². The number of hydrogen-bond acceptors (Lipinski definition) is 3. The molecule has 2 aromatic rings. The molecule has 1 aliphatic carbocycles. The first kappa shape index (κ1) is 29.6. The molecule has 1 saturated heterocycles. The Kier molecular flexibility index (Phi) is 7.95. The molecule has 0 amide bonds. The zero-order chi connectivity index (χ0) is 28.1. The lowest BCUT2D eigenvalue weighted by Gasteiger charge is -2.39. The average Bonchev–Trinajstić information content (AvgIpc) is 3.35. The van der Waals surface area contributed by atoms with Crippen molar-refractivity contribution in [1.82, 2.24) is 0 Å². The van der Waals surface area contributed by atoms with Gasteiger partial charge in [0, 0.05) is 5.41 Å². The van der Waals surface area contributed by atoms with Crippen LogP contribution in [-0.4, -0.2) is 26.6 Å². The highest BCUT2D eigenvalue weighted by atomic mass is 28.4. The number of hydrogen-bond donors (Lipinski definition) is 0. The van der Waals surface area contributed by atoms with E-state index < -0.39 is 8.32 Å². The first-order chi connectivity index (χ1) is 17.6. The van der Waals surface area contributed by atoms with E-state index in [0.29, 0.717) is 0 Å². The van der Waals surface area contributed by atoms with Gasteiger partial charge in [-0.15, -0.1) is 0 Å². The van der Waals surface area contributed by atoms with Gasteiger partial charge < -0.3 is 13.7 Å². The second-order valence-electron chi connectivity index (χ2n) is 13.9. The third-order valence-electron chi connectivity index (χ3n) is 9.72. The molecule has 2 aliphatic rings. The van der Waals surface area contributed by atoms with Gasteiger partial charge in [0.1, 0.15) is 0 Å². The summed E-state index contributed by atoms with van der Waals surface area (Å²) in [5.41, 5.74) is 7.12. The molecule has 1 saturated carbocycles. The summed E-state index contributed by atoms with van der Waals surface area (Å²) in [4.78, 5) is 0. The molecule has 3 nitrogen and oxygen atoms in total. The normalized spacial score (nSPS) is 20.8. The highest BCUT2D eigenvalue weighted by Crippen LogP contribution is 2.47. The summed E-state index contributed by atoms with van der Waals surface area (Å²) in [7, 11) is -2.01. The first-order valence-corrected chi connectivity index (χ1v) is 18.3. The molecule has 0 aromatic heterocycles. The largest absolute Gasteiger partial charge is 0.495 e. The quantitative estimate of drug-likeness (QED) is 0.319. The lowest BCUT2D eigenvalue weighted by atomic mass is 9.67. The Hall–Kier alpha value is -1.40. The van der Waals surface area contributed by atoms with Gasteiger partial charge >= 0.3 is 7.12 Å². The molecule has 0 atom stereocenters. The van der Waals surface area contributed by atoms with Crippen LogP contribution in [0.25, 0.3) is 0 Å². The molecule has 4 rings (SSSR count). The van der Waals surface area contributed by atoms with Crippen LogP contribution in [0.15, 0.2) is 36.4 Å². The van der Waals surface area contributed by atoms with E-state index in [1.54, 1.807) is 0 Å². The predicted octanol–water partition coefficient (Wildman–Crippen LogP) is 8.33. The number of benzene rings is 2. The summed E-state index contributed by atoms with van der Waals surface area (Å²) in [6, 6.07) is 14.2. The molecule has 0 bridgehead atoms. The van der Waals surface area contributed by atoms with Crippen molar-refractivity contribution in [2.45, 2.75) is 136 Å². The van der Waals surface area contributed by atoms with Crippen LogP contribution in [0.5, 0.6) is 0 Å². The maximum absolute atomic E-state index is 6.94. The monoisotopic (exact) mass is 534 g/mol. The van der Waals surface area contributed by atoms with Gasteiger partial charge in [0.05, 0.1) is 16.8 Å². The fourth-order valence-corrected chi connectivity index (χ4v) is 8.36. The molecule has 0 N–H and O–H groups in total. The van der Waals surface area contributed by atoms with Gasteiger partial charge in [-0.05, 0) is 115 Å². The van der Waals surface area contributed by atoms with Crippen LogP contribution in [0, 0.1) is 13.8 Å². The van der Waals surface area contributed by atoms with Crippen molar-refractivity contribution in [3.05, 3.63) is 64.2 Å². The maximum Gasteiger partial charge on any atom is 0.495 e. The molecular weight excluding hydrogens is 483 g/mol. The summed E-state index contributed by atoms with van der Waals surface area (Å²) < 4.78 is 19.7. The Morgan fingerprint density at radius 1 is 0.816 bits per heavy atom. The minimum absolute atomic E-state index is 0.0367. The maximum atomic E-state index is 6.94. The third kappa shape index (κ3) is 5.21. The van der Waals surface area contributed by atoms with Crippen molar-refractivity contribution in [2.75, 3.05) is 0 Å². The molecule has 0 radical (unpaired) electrons. The second kappa shape index (κ2) is 10.2. The van der Waals surface area contributed by atoms with Crippen LogP contribution in [0.2, 0.25) is 19.6 Å². The van der Waals surface area contributed by atoms with Crippen LogP contribution < -0.4 is 5.46 Å². The van der Waals surface area contributed by atoms with E-state index in [9.17, 15) is 0 Å². The van der Waals surface area contributed by atoms with E-state index in [1.165, 1.54) is 40.7 Å². The molecule has 5 heteroatoms. The van der Waals surface area contributed by atoms with Crippen molar-refractivity contribution in [2.24, 2.45) is 0 Å². The van der Waals surface area contributed by atoms with Crippen LogP contribution in [0.4, 0.5) is 0 Å². The smallest absolute Gasteiger partial charge is 0.408 e. The molecule has 38 heavy (non-hydrogen) atoms. The Morgan fingerprint density at radius 3 is 1.76 bits per heavy atom. The van der Waals surface area contributed by atoms with Crippen LogP contribution >= 0.6 is 0 Å². The Labute approximate surface area is 234 Å². The predicted molar refractivity (Wildman–Crippen MR) is 164 cm³/mol. The molecule has 0 spiro atoms. The zero-order valence-electron chi connectivity index (χ0n) is 26.0. The SMILES string of the molecule is CCC(CC)(c1ccc(B2OC(C)(C)C(C)(C)O2)c(C)c1)c1ccc(C2(O[Si](C)(C)C)CCCC2)c(C)c1. The summed E-state index contributed by atoms with van der Waals surface area (Å²) >= 11 is 0. The van der Waals surface area contributed by atoms with E-state index >= 15 is 0 Å². The lowest BCUT2D eigenvalue weighted by molar-refractivity contribution is 0.00578. The van der Waals surface area contributed by atoms with Crippen molar-refractivity contribution in [1.29, 1.82) is 0 Å². The van der Waals surface area contributed by atoms with Gasteiger partial charge in [0.2, 0.25) is 0 Å². The zero-order valence-corrected chi connectivity index (χ0v) is 27.0. The molecule has 1 heterocycles. The highest BCUT2D eigenvalue weighted by molar-refractivity contribution is 6.69. The average molecular weight is 535 g/mol. The Morgan fingerprint density at radius 2 is 1.32 bits per heavy atom. The second-order valence-corrected chi connectivity index (χ2v) is 18.3. The summed E-state index contributed by atoms with van der Waals surface area (Å²) in [6.07, 6.45) is 6.90. The van der Waals surface area contributed by atoms with Gasteiger partial charge in [0.25, 0.3) is 0 Å². The van der Waals surface area contributed by atoms with E-state index in [-0.39, 0.29) is 29.3 Å². The standard InChI is InChI=1S/C33H51BO3Si/c1-12-32(13-2,27-17-19-29(25(4)23-27)34-35-30(5,6)31(7,8)36-34)26-16-18-28(24(3)22-26)33(20-14-15-21-33)37-38(9,10)11/h16-19,22-23H,12-15,20-21H2,1-11H3. The van der Waals surface area contributed by atoms with Crippen LogP contribution in [-0.2, 0) is 24.8 Å². The van der Waals surface area contributed by atoms with Gasteiger partial charge in [-0.2, -0.15) is 0 Å². The van der Waals surface area contributed by atoms with Gasteiger partial charge in [-0.1, -0.05) is 68.7 Å². The molecule has 2 aromatic carbocycles. The third-order valence-corrected chi connectivity index (χ3v) is 10.7. The number of aryl methyl sites for hydroxylation is 2. The molecular formula is C33H51BO3Si. The summed E-state index contributed by atoms with van der Waals surface area (Å²) in [6.45, 7) is 24.6. The summed E-state index contributed by atoms with van der Waals surface area (Å²) in [5, 5.41) is 0. The molecule has 0 unspecified atom stereocenters. The van der Waals surface area contributed by atoms with Crippen LogP contribution in [0.1, 0.15) is 108 Å². The first-order valence-electron chi connectivity index (χ1n) is 14.9. The van der Waals surface area contributed by atoms with Gasteiger partial charge in [-0.25, -0.2) is 0 Å². The van der Waals surface area contributed by atoms with Gasteiger partial charge in [-0.3, -0.25) is 0 Å². The lowest BCUT2D eigenvalue weighted by Crippen LogP contribution is -2.41. The van der Waals surface area contributed by atoms with Crippen molar-refractivity contribution >= 4 is 20.9 Å². The molecule has 1 aliphatic heterocycles. The van der Waals surface area contributed by atoms with E-state index in [4.69, 9.17) is 13.7 Å². The van der Waals surface area contributed by atoms with E-state index in [0.717, 1.165) is 31.1 Å². The topological polar surface area (TPSA) is 27.7 Å². The molecule has 208 valence electrons. The van der Waals surface area contributed by atoms with Gasteiger partial charge in [0.15, 0.2) is 8.32 Å². The van der Waals surface area contributed by atoms with E-state index in [1.807, 2.05) is 0 Å². The Bertz CT molecular complexity index is 1140. The fourth-order valence-electron chi connectivity index (χ4n) is 6.87. The highest BCUT2D eigenvalue weighted by Gasteiger charge is 2.52. The van der Waals surface area contributed by atoms with Crippen molar-refractivity contribution in [3.63, 3.8) is 0 Å². The fraction of sp³-hybridized carbons (Fsp3) is 0.636. The minimum atomic E-state index is -1.68. The number of rotatable bonds is 8. The van der Waals surface area contributed by atoms with Crippen molar-refractivity contribution in [3.8, 4) is 0 Å². The molecule has 2 fully saturated rings. The van der Waals surface area contributed by atoms with Crippen LogP contribution in [0.3, 0.4) is 0 Å². The van der Waals surface area contributed by atoms with Crippen molar-refractivity contribution < 1.29 is 13.7 Å². The summed E-state index contributed by atoms with van der Waals surface area (Å²) in [5.74, 6) is 0. The Balaban J connectivity index is 1.71.